The molecule has 1 amide bonds. The van der Waals surface area contributed by atoms with Crippen LogP contribution in [-0.2, 0) is 0 Å². The van der Waals surface area contributed by atoms with Crippen molar-refractivity contribution in [3.8, 4) is 17.2 Å². The Labute approximate surface area is 149 Å². The number of amides is 1. The Kier molecular flexibility index (Phi) is 4.27. The molecule has 26 heavy (non-hydrogen) atoms. The lowest BCUT2D eigenvalue weighted by Crippen LogP contribution is -2.16. The van der Waals surface area contributed by atoms with Gasteiger partial charge in [-0.25, -0.2) is 9.37 Å². The molecule has 0 saturated carbocycles. The molecule has 6 nitrogen and oxygen atoms in total. The predicted molar refractivity (Wildman–Crippen MR) is 93.5 cm³/mol. The van der Waals surface area contributed by atoms with Gasteiger partial charge in [0.15, 0.2) is 11.5 Å². The lowest BCUT2D eigenvalue weighted by molar-refractivity contribution is 0.102. The molecule has 3 aromatic rings. The van der Waals surface area contributed by atoms with Gasteiger partial charge >= 0.3 is 0 Å². The van der Waals surface area contributed by atoms with Crippen LogP contribution in [0.15, 0.2) is 55.0 Å². The highest BCUT2D eigenvalue weighted by molar-refractivity contribution is 6.03. The lowest BCUT2D eigenvalue weighted by Gasteiger charge is -2.11. The van der Waals surface area contributed by atoms with E-state index in [1.807, 2.05) is 0 Å². The monoisotopic (exact) mass is 353 g/mol. The summed E-state index contributed by atoms with van der Waals surface area (Å²) < 4.78 is 25.9. The second-order valence-corrected chi connectivity index (χ2v) is 5.79. The molecular formula is C19H16FN3O3. The van der Waals surface area contributed by atoms with Crippen LogP contribution in [0.2, 0.25) is 0 Å². The number of hydrogen-bond acceptors (Lipinski definition) is 4. The average Bonchev–Trinajstić information content (AvgIpc) is 3.02. The fourth-order valence-electron chi connectivity index (χ4n) is 2.71. The SMILES string of the molecule is O=C(Nc1ccc2c(c1)OCCCO2)c1cncn1-c1ccc(F)cc1. The topological polar surface area (TPSA) is 65.4 Å². The molecule has 2 aromatic carbocycles. The zero-order valence-electron chi connectivity index (χ0n) is 13.8. The number of imidazole rings is 1. The first-order valence-electron chi connectivity index (χ1n) is 8.20. The molecule has 0 atom stereocenters. The molecule has 1 aromatic heterocycles. The summed E-state index contributed by atoms with van der Waals surface area (Å²) >= 11 is 0. The van der Waals surface area contributed by atoms with E-state index in [1.165, 1.54) is 24.7 Å². The second-order valence-electron chi connectivity index (χ2n) is 5.79. The second kappa shape index (κ2) is 6.87. The first kappa shape index (κ1) is 16.1. The summed E-state index contributed by atoms with van der Waals surface area (Å²) in [6, 6.07) is 11.1. The summed E-state index contributed by atoms with van der Waals surface area (Å²) in [5, 5.41) is 2.83. The molecule has 2 heterocycles. The van der Waals surface area contributed by atoms with E-state index in [0.717, 1.165) is 6.42 Å². The van der Waals surface area contributed by atoms with Gasteiger partial charge in [-0.15, -0.1) is 0 Å². The van der Waals surface area contributed by atoms with E-state index in [1.54, 1.807) is 34.9 Å². The van der Waals surface area contributed by atoms with Crippen molar-refractivity contribution < 1.29 is 18.7 Å². The first-order chi connectivity index (χ1) is 12.7. The van der Waals surface area contributed by atoms with Crippen LogP contribution in [0.4, 0.5) is 10.1 Å². The Morgan fingerprint density at radius 1 is 1.08 bits per heavy atom. The maximum atomic E-state index is 13.1. The van der Waals surface area contributed by atoms with Crippen LogP contribution >= 0.6 is 0 Å². The highest BCUT2D eigenvalue weighted by atomic mass is 19.1. The van der Waals surface area contributed by atoms with Crippen molar-refractivity contribution in [2.75, 3.05) is 18.5 Å². The number of carbonyl (C=O) groups excluding carboxylic acids is 1. The van der Waals surface area contributed by atoms with Gasteiger partial charge in [0.2, 0.25) is 0 Å². The Balaban J connectivity index is 1.57. The third-order valence-electron chi connectivity index (χ3n) is 3.98. The highest BCUT2D eigenvalue weighted by Crippen LogP contribution is 2.32. The Hall–Kier alpha value is -3.35. The van der Waals surface area contributed by atoms with Gasteiger partial charge in [-0.3, -0.25) is 9.36 Å². The molecule has 4 rings (SSSR count). The minimum atomic E-state index is -0.341. The van der Waals surface area contributed by atoms with Crippen LogP contribution in [-0.4, -0.2) is 28.7 Å². The number of ether oxygens (including phenoxy) is 2. The van der Waals surface area contributed by atoms with Gasteiger partial charge < -0.3 is 14.8 Å². The molecule has 1 N–H and O–H groups in total. The van der Waals surface area contributed by atoms with E-state index in [4.69, 9.17) is 9.47 Å². The number of fused-ring (bicyclic) bond motifs is 1. The predicted octanol–water partition coefficient (Wildman–Crippen LogP) is 3.43. The summed E-state index contributed by atoms with van der Waals surface area (Å²) in [6.45, 7) is 1.18. The van der Waals surface area contributed by atoms with Crippen molar-refractivity contribution in [1.82, 2.24) is 9.55 Å². The Bertz CT molecular complexity index is 937. The van der Waals surface area contributed by atoms with Crippen LogP contribution in [0, 0.1) is 5.82 Å². The van der Waals surface area contributed by atoms with E-state index in [2.05, 4.69) is 10.3 Å². The number of benzene rings is 2. The summed E-state index contributed by atoms with van der Waals surface area (Å²) in [6.07, 6.45) is 3.78. The number of anilines is 1. The van der Waals surface area contributed by atoms with Crippen LogP contribution in [0.25, 0.3) is 5.69 Å². The zero-order chi connectivity index (χ0) is 17.9. The molecule has 0 bridgehead atoms. The van der Waals surface area contributed by atoms with Crippen molar-refractivity contribution in [2.45, 2.75) is 6.42 Å². The molecule has 0 unspecified atom stereocenters. The van der Waals surface area contributed by atoms with E-state index in [0.29, 0.717) is 41.8 Å². The first-order valence-corrected chi connectivity index (χ1v) is 8.20. The number of nitrogens with one attached hydrogen (secondary N) is 1. The zero-order valence-corrected chi connectivity index (χ0v) is 13.8. The van der Waals surface area contributed by atoms with Gasteiger partial charge in [0.25, 0.3) is 5.91 Å². The van der Waals surface area contributed by atoms with Crippen LogP contribution < -0.4 is 14.8 Å². The normalized spacial score (nSPS) is 13.1. The Morgan fingerprint density at radius 3 is 2.65 bits per heavy atom. The summed E-state index contributed by atoms with van der Waals surface area (Å²) in [5.74, 6) is 0.595. The molecule has 0 fully saturated rings. The fourth-order valence-corrected chi connectivity index (χ4v) is 2.71. The molecule has 1 aliphatic heterocycles. The van der Waals surface area contributed by atoms with Crippen molar-refractivity contribution in [3.63, 3.8) is 0 Å². The number of aromatic nitrogens is 2. The van der Waals surface area contributed by atoms with Gasteiger partial charge in [0.1, 0.15) is 11.5 Å². The standard InChI is InChI=1S/C19H16FN3O3/c20-13-2-5-15(6-3-13)23-12-21-11-16(23)19(24)22-14-4-7-17-18(10-14)26-9-1-8-25-17/h2-7,10-12H,1,8-9H2,(H,22,24). The lowest BCUT2D eigenvalue weighted by atomic mass is 10.2. The number of nitrogens with zero attached hydrogens (tertiary/aromatic N) is 2. The fraction of sp³-hybridized carbons (Fsp3) is 0.158. The minimum absolute atomic E-state index is 0.332. The quantitative estimate of drug-likeness (QED) is 0.784. The van der Waals surface area contributed by atoms with Crippen LogP contribution in [0.5, 0.6) is 11.5 Å². The maximum Gasteiger partial charge on any atom is 0.274 e. The number of hydrogen-bond donors (Lipinski definition) is 1. The molecule has 132 valence electrons. The average molecular weight is 353 g/mol. The van der Waals surface area contributed by atoms with Crippen LogP contribution in [0.1, 0.15) is 16.9 Å². The number of halogens is 1. The third kappa shape index (κ3) is 3.23. The van der Waals surface area contributed by atoms with Crippen LogP contribution in [0.3, 0.4) is 0 Å². The van der Waals surface area contributed by atoms with Gasteiger partial charge in [-0.1, -0.05) is 0 Å². The van der Waals surface area contributed by atoms with E-state index >= 15 is 0 Å². The molecule has 0 aliphatic carbocycles. The Morgan fingerprint density at radius 2 is 1.85 bits per heavy atom. The number of rotatable bonds is 3. The van der Waals surface area contributed by atoms with Crippen molar-refractivity contribution >= 4 is 11.6 Å². The van der Waals surface area contributed by atoms with Crippen molar-refractivity contribution in [1.29, 1.82) is 0 Å². The highest BCUT2D eigenvalue weighted by Gasteiger charge is 2.16. The largest absolute Gasteiger partial charge is 0.490 e. The molecule has 0 radical (unpaired) electrons. The summed E-state index contributed by atoms with van der Waals surface area (Å²) in [5.41, 5.74) is 1.57. The van der Waals surface area contributed by atoms with Crippen molar-refractivity contribution in [2.24, 2.45) is 0 Å². The van der Waals surface area contributed by atoms with E-state index in [-0.39, 0.29) is 11.7 Å². The summed E-state index contributed by atoms with van der Waals surface area (Å²) in [4.78, 5) is 16.7. The molecule has 0 spiro atoms. The van der Waals surface area contributed by atoms with Gasteiger partial charge in [0, 0.05) is 23.9 Å². The molecule has 0 saturated heterocycles. The maximum absolute atomic E-state index is 13.1. The van der Waals surface area contributed by atoms with E-state index in [9.17, 15) is 9.18 Å². The minimum Gasteiger partial charge on any atom is -0.490 e. The molecule has 7 heteroatoms. The van der Waals surface area contributed by atoms with Crippen molar-refractivity contribution in [3.05, 3.63) is 66.5 Å². The van der Waals surface area contributed by atoms with Gasteiger partial charge in [0.05, 0.1) is 25.7 Å². The van der Waals surface area contributed by atoms with Gasteiger partial charge in [-0.2, -0.15) is 0 Å². The summed E-state index contributed by atoms with van der Waals surface area (Å²) in [7, 11) is 0. The number of carbonyl (C=O) groups is 1. The smallest absolute Gasteiger partial charge is 0.274 e. The van der Waals surface area contributed by atoms with Gasteiger partial charge in [-0.05, 0) is 36.4 Å². The molecular weight excluding hydrogens is 337 g/mol. The van der Waals surface area contributed by atoms with E-state index < -0.39 is 0 Å². The molecule has 1 aliphatic rings. The third-order valence-corrected chi connectivity index (χ3v) is 3.98.